The monoisotopic (exact) mass is 401 g/mol. The van der Waals surface area contributed by atoms with Gasteiger partial charge in [0.25, 0.3) is 0 Å². The maximum atomic E-state index is 10.9. The molecule has 0 bridgehead atoms. The fourth-order valence-electron chi connectivity index (χ4n) is 3.00. The van der Waals surface area contributed by atoms with Crippen molar-refractivity contribution in [1.82, 2.24) is 14.8 Å². The van der Waals surface area contributed by atoms with Gasteiger partial charge in [0, 0.05) is 10.0 Å². The van der Waals surface area contributed by atoms with Crippen molar-refractivity contribution in [3.8, 4) is 0 Å². The summed E-state index contributed by atoms with van der Waals surface area (Å²) in [5.41, 5.74) is 0.768. The van der Waals surface area contributed by atoms with Gasteiger partial charge in [-0.25, -0.2) is 4.68 Å². The number of aromatic nitrogens is 3. The first-order valence-electron chi connectivity index (χ1n) is 8.33. The summed E-state index contributed by atoms with van der Waals surface area (Å²) in [4.78, 5) is 2.91. The van der Waals surface area contributed by atoms with Crippen LogP contribution in [-0.4, -0.2) is 26.0 Å². The van der Waals surface area contributed by atoms with E-state index in [0.717, 1.165) is 18.4 Å². The lowest BCUT2D eigenvalue weighted by molar-refractivity contribution is 0.00389. The summed E-state index contributed by atoms with van der Waals surface area (Å²) < 4.78 is 2.23. The first-order chi connectivity index (χ1) is 11.6. The Balaban J connectivity index is 2.21. The highest BCUT2D eigenvalue weighted by Crippen LogP contribution is 2.34. The maximum absolute atomic E-state index is 10.9. The van der Waals surface area contributed by atoms with E-state index in [4.69, 9.17) is 35.4 Å². The zero-order valence-corrected chi connectivity index (χ0v) is 17.3. The molecule has 7 heteroatoms. The molecule has 3 atom stereocenters. The van der Waals surface area contributed by atoms with Crippen molar-refractivity contribution < 1.29 is 5.11 Å². The van der Waals surface area contributed by atoms with Gasteiger partial charge in [-0.15, -0.1) is 0 Å². The number of nitrogens with one attached hydrogen (secondary N) is 1. The molecule has 2 N–H and O–H groups in total. The molecule has 0 aliphatic rings. The highest BCUT2D eigenvalue weighted by Gasteiger charge is 2.33. The second-order valence-corrected chi connectivity index (χ2v) is 8.93. The molecule has 0 radical (unpaired) electrons. The standard InChI is InChI=1S/C18H25Cl2N3OS/c1-11(7-12-5-6-13(19)9-14(12)20)8-15(16(24)18(2,3)4)23-17(25)21-10-22-23/h5-6,9-11,15-16,24H,7-8H2,1-4H3,(H,21,22,25)/t11-,15-,16+/m0/s1. The quantitative estimate of drug-likeness (QED) is 0.631. The van der Waals surface area contributed by atoms with Gasteiger partial charge in [0.2, 0.25) is 0 Å². The zero-order valence-electron chi connectivity index (χ0n) is 15.0. The highest BCUT2D eigenvalue weighted by atomic mass is 35.5. The van der Waals surface area contributed by atoms with Crippen molar-refractivity contribution in [3.63, 3.8) is 0 Å². The van der Waals surface area contributed by atoms with Gasteiger partial charge >= 0.3 is 0 Å². The molecular weight excluding hydrogens is 377 g/mol. The molecule has 0 amide bonds. The Morgan fingerprint density at radius 2 is 2.00 bits per heavy atom. The molecule has 1 aromatic heterocycles. The Hall–Kier alpha value is -0.880. The maximum Gasteiger partial charge on any atom is 0.195 e. The van der Waals surface area contributed by atoms with Crippen LogP contribution in [-0.2, 0) is 6.42 Å². The number of benzene rings is 1. The van der Waals surface area contributed by atoms with Crippen LogP contribution in [0, 0.1) is 16.1 Å². The molecule has 0 aliphatic heterocycles. The van der Waals surface area contributed by atoms with Gasteiger partial charge in [0.15, 0.2) is 4.77 Å². The number of rotatable bonds is 6. The largest absolute Gasteiger partial charge is 0.390 e. The minimum atomic E-state index is -0.578. The summed E-state index contributed by atoms with van der Waals surface area (Å²) in [6.07, 6.45) is 2.51. The number of H-pyrrole nitrogens is 1. The third-order valence-corrected chi connectivity index (χ3v) is 5.26. The van der Waals surface area contributed by atoms with Crippen LogP contribution in [0.2, 0.25) is 10.0 Å². The molecule has 138 valence electrons. The van der Waals surface area contributed by atoms with Crippen LogP contribution in [0.1, 0.15) is 45.7 Å². The first-order valence-corrected chi connectivity index (χ1v) is 9.50. The molecular formula is C18H25Cl2N3OS. The van der Waals surface area contributed by atoms with Crippen LogP contribution in [0.4, 0.5) is 0 Å². The van der Waals surface area contributed by atoms with Gasteiger partial charge in [-0.05, 0) is 54.1 Å². The summed E-state index contributed by atoms with van der Waals surface area (Å²) in [5, 5.41) is 16.5. The number of halogens is 2. The Labute approximate surface area is 164 Å². The van der Waals surface area contributed by atoms with E-state index in [1.54, 1.807) is 17.1 Å². The summed E-state index contributed by atoms with van der Waals surface area (Å²) >= 11 is 17.6. The molecule has 1 aromatic carbocycles. The predicted molar refractivity (Wildman–Crippen MR) is 106 cm³/mol. The molecule has 1 heterocycles. The lowest BCUT2D eigenvalue weighted by atomic mass is 9.81. The van der Waals surface area contributed by atoms with Crippen LogP contribution in [0.5, 0.6) is 0 Å². The van der Waals surface area contributed by atoms with E-state index in [-0.39, 0.29) is 17.4 Å². The predicted octanol–water partition coefficient (Wildman–Crippen LogP) is 5.46. The van der Waals surface area contributed by atoms with Crippen LogP contribution in [0.3, 0.4) is 0 Å². The minimum Gasteiger partial charge on any atom is -0.390 e. The fraction of sp³-hybridized carbons (Fsp3) is 0.556. The molecule has 25 heavy (non-hydrogen) atoms. The fourth-order valence-corrected chi connectivity index (χ4v) is 3.72. The Morgan fingerprint density at radius 3 is 2.52 bits per heavy atom. The lowest BCUT2D eigenvalue weighted by Gasteiger charge is -2.34. The van der Waals surface area contributed by atoms with E-state index < -0.39 is 6.10 Å². The third-order valence-electron chi connectivity index (χ3n) is 4.37. The molecule has 0 saturated carbocycles. The topological polar surface area (TPSA) is 53.8 Å². The van der Waals surface area contributed by atoms with Gasteiger partial charge in [0.05, 0.1) is 12.1 Å². The molecule has 4 nitrogen and oxygen atoms in total. The van der Waals surface area contributed by atoms with Gasteiger partial charge < -0.3 is 10.1 Å². The van der Waals surface area contributed by atoms with Crippen molar-refractivity contribution in [2.45, 2.75) is 52.7 Å². The van der Waals surface area contributed by atoms with Gasteiger partial charge in [-0.1, -0.05) is 57.0 Å². The zero-order chi connectivity index (χ0) is 18.8. The smallest absolute Gasteiger partial charge is 0.195 e. The van der Waals surface area contributed by atoms with E-state index >= 15 is 0 Å². The summed E-state index contributed by atoms with van der Waals surface area (Å²) in [5.74, 6) is 0.277. The van der Waals surface area contributed by atoms with Crippen molar-refractivity contribution >= 4 is 35.4 Å². The summed E-state index contributed by atoms with van der Waals surface area (Å²) in [6, 6.07) is 5.35. The van der Waals surface area contributed by atoms with E-state index in [1.807, 2.05) is 32.9 Å². The Bertz CT molecular complexity index is 766. The molecule has 0 aliphatic carbocycles. The van der Waals surface area contributed by atoms with Crippen molar-refractivity contribution in [2.24, 2.45) is 11.3 Å². The lowest BCUT2D eigenvalue weighted by Crippen LogP contribution is -2.37. The third kappa shape index (κ3) is 5.30. The summed E-state index contributed by atoms with van der Waals surface area (Å²) in [6.45, 7) is 8.19. The van der Waals surface area contributed by atoms with Gasteiger partial charge in [-0.2, -0.15) is 5.10 Å². The molecule has 2 rings (SSSR count). The number of aliphatic hydroxyl groups excluding tert-OH is 1. The number of hydrogen-bond acceptors (Lipinski definition) is 3. The number of aromatic amines is 1. The first kappa shape index (κ1) is 20.4. The molecule has 2 aromatic rings. The average molecular weight is 402 g/mol. The SMILES string of the molecule is C[C@@H](Cc1ccc(Cl)cc1Cl)C[C@@H]([C@@H](O)C(C)(C)C)n1nc[nH]c1=S. The van der Waals surface area contributed by atoms with E-state index in [1.165, 1.54) is 0 Å². The normalized spacial score (nSPS) is 15.8. The second-order valence-electron chi connectivity index (χ2n) is 7.70. The van der Waals surface area contributed by atoms with Crippen LogP contribution in [0.25, 0.3) is 0 Å². The Morgan fingerprint density at radius 1 is 1.32 bits per heavy atom. The molecule has 0 fully saturated rings. The van der Waals surface area contributed by atoms with Crippen molar-refractivity contribution in [2.75, 3.05) is 0 Å². The molecule has 0 spiro atoms. The Kier molecular flexibility index (Phi) is 6.71. The van der Waals surface area contributed by atoms with Crippen molar-refractivity contribution in [3.05, 3.63) is 44.9 Å². The second kappa shape index (κ2) is 8.21. The highest BCUT2D eigenvalue weighted by molar-refractivity contribution is 7.71. The number of nitrogens with zero attached hydrogens (tertiary/aromatic N) is 2. The van der Waals surface area contributed by atoms with E-state index in [2.05, 4.69) is 17.0 Å². The van der Waals surface area contributed by atoms with Crippen LogP contribution in [0.15, 0.2) is 24.5 Å². The van der Waals surface area contributed by atoms with E-state index in [0.29, 0.717) is 14.8 Å². The van der Waals surface area contributed by atoms with Crippen LogP contribution < -0.4 is 0 Å². The van der Waals surface area contributed by atoms with Gasteiger partial charge in [0.1, 0.15) is 6.33 Å². The summed E-state index contributed by atoms with van der Waals surface area (Å²) in [7, 11) is 0. The minimum absolute atomic E-state index is 0.208. The van der Waals surface area contributed by atoms with Crippen molar-refractivity contribution in [1.29, 1.82) is 0 Å². The van der Waals surface area contributed by atoms with Gasteiger partial charge in [-0.3, -0.25) is 0 Å². The molecule has 0 unspecified atom stereocenters. The average Bonchev–Trinajstić information content (AvgIpc) is 2.92. The number of hydrogen-bond donors (Lipinski definition) is 2. The molecule has 0 saturated heterocycles. The van der Waals surface area contributed by atoms with E-state index in [9.17, 15) is 5.11 Å². The van der Waals surface area contributed by atoms with Crippen LogP contribution >= 0.6 is 35.4 Å². The number of aliphatic hydroxyl groups is 1.